The number of hydrogen-bond donors (Lipinski definition) is 2. The van der Waals surface area contributed by atoms with Crippen molar-refractivity contribution in [3.05, 3.63) is 35.2 Å². The molecule has 1 aliphatic rings. The van der Waals surface area contributed by atoms with Gasteiger partial charge in [0.2, 0.25) is 0 Å². The highest BCUT2D eigenvalue weighted by atomic mass is 16.4. The van der Waals surface area contributed by atoms with Crippen molar-refractivity contribution in [1.29, 1.82) is 0 Å². The van der Waals surface area contributed by atoms with Gasteiger partial charge in [-0.1, -0.05) is 6.08 Å². The van der Waals surface area contributed by atoms with Crippen LogP contribution in [0.25, 0.3) is 5.57 Å². The van der Waals surface area contributed by atoms with E-state index in [1.807, 2.05) is 6.92 Å². The maximum Gasteiger partial charge on any atom is 0.337 e. The lowest BCUT2D eigenvalue weighted by atomic mass is 10.0. The normalized spacial score (nSPS) is 15.7. The number of pyridine rings is 1. The van der Waals surface area contributed by atoms with Gasteiger partial charge in [0.05, 0.1) is 11.3 Å². The second-order valence-electron chi connectivity index (χ2n) is 3.88. The van der Waals surface area contributed by atoms with Crippen molar-refractivity contribution in [2.24, 2.45) is 0 Å². The smallest absolute Gasteiger partial charge is 0.337 e. The first kappa shape index (κ1) is 10.8. The Balaban J connectivity index is 2.35. The summed E-state index contributed by atoms with van der Waals surface area (Å²) in [4.78, 5) is 15.0. The molecule has 0 fully saturated rings. The van der Waals surface area contributed by atoms with Crippen LogP contribution in [0.2, 0.25) is 0 Å². The maximum atomic E-state index is 10.8. The zero-order valence-corrected chi connectivity index (χ0v) is 9.16. The lowest BCUT2D eigenvalue weighted by molar-refractivity contribution is 0.0696. The summed E-state index contributed by atoms with van der Waals surface area (Å²) in [6.07, 6.45) is 4.48. The number of carboxylic acid groups (broad SMARTS) is 1. The van der Waals surface area contributed by atoms with E-state index < -0.39 is 5.97 Å². The fourth-order valence-corrected chi connectivity index (χ4v) is 1.87. The SMILES string of the molecule is Cc1cc(C(=O)O)cnc1C1=CCNCC1. The average Bonchev–Trinajstić information content (AvgIpc) is 2.30. The summed E-state index contributed by atoms with van der Waals surface area (Å²) in [5.74, 6) is -0.929. The molecule has 4 heteroatoms. The number of carboxylic acids is 1. The Morgan fingerprint density at radius 3 is 2.94 bits per heavy atom. The average molecular weight is 218 g/mol. The molecule has 84 valence electrons. The summed E-state index contributed by atoms with van der Waals surface area (Å²) in [5, 5.41) is 12.1. The van der Waals surface area contributed by atoms with Crippen molar-refractivity contribution in [2.45, 2.75) is 13.3 Å². The first-order chi connectivity index (χ1) is 7.68. The van der Waals surface area contributed by atoms with Crippen LogP contribution >= 0.6 is 0 Å². The van der Waals surface area contributed by atoms with Gasteiger partial charge >= 0.3 is 5.97 Å². The third-order valence-electron chi connectivity index (χ3n) is 2.69. The molecular formula is C12H14N2O2. The Labute approximate surface area is 94.0 Å². The summed E-state index contributed by atoms with van der Waals surface area (Å²) in [5.41, 5.74) is 3.29. The van der Waals surface area contributed by atoms with Crippen LogP contribution in [0.3, 0.4) is 0 Å². The number of nitrogens with zero attached hydrogens (tertiary/aromatic N) is 1. The van der Waals surface area contributed by atoms with E-state index in [1.54, 1.807) is 6.07 Å². The summed E-state index contributed by atoms with van der Waals surface area (Å²) in [6.45, 7) is 3.71. The van der Waals surface area contributed by atoms with Gasteiger partial charge in [-0.25, -0.2) is 4.79 Å². The molecule has 1 aromatic heterocycles. The standard InChI is InChI=1S/C12H14N2O2/c1-8-6-10(12(15)16)7-14-11(8)9-2-4-13-5-3-9/h2,6-7,13H,3-5H2,1H3,(H,15,16). The van der Waals surface area contributed by atoms with E-state index >= 15 is 0 Å². The molecule has 0 unspecified atom stereocenters. The number of rotatable bonds is 2. The van der Waals surface area contributed by atoms with Crippen LogP contribution in [0.1, 0.15) is 28.0 Å². The summed E-state index contributed by atoms with van der Waals surface area (Å²) < 4.78 is 0. The molecule has 1 aliphatic heterocycles. The van der Waals surface area contributed by atoms with E-state index in [2.05, 4.69) is 16.4 Å². The topological polar surface area (TPSA) is 62.2 Å². The van der Waals surface area contributed by atoms with E-state index in [0.29, 0.717) is 0 Å². The summed E-state index contributed by atoms with van der Waals surface area (Å²) >= 11 is 0. The molecule has 0 saturated carbocycles. The number of carbonyl (C=O) groups is 1. The quantitative estimate of drug-likeness (QED) is 0.789. The Kier molecular flexibility index (Phi) is 3.01. The number of aromatic carboxylic acids is 1. The van der Waals surface area contributed by atoms with E-state index in [-0.39, 0.29) is 5.56 Å². The minimum Gasteiger partial charge on any atom is -0.478 e. The Hall–Kier alpha value is -1.68. The molecule has 0 saturated heterocycles. The Bertz CT molecular complexity index is 452. The van der Waals surface area contributed by atoms with Crippen LogP contribution in [-0.2, 0) is 0 Å². The van der Waals surface area contributed by atoms with Crippen LogP contribution in [-0.4, -0.2) is 29.1 Å². The van der Waals surface area contributed by atoms with Gasteiger partial charge in [0.25, 0.3) is 0 Å². The van der Waals surface area contributed by atoms with Crippen molar-refractivity contribution in [3.8, 4) is 0 Å². The van der Waals surface area contributed by atoms with Gasteiger partial charge in [-0.3, -0.25) is 4.98 Å². The highest BCUT2D eigenvalue weighted by molar-refractivity contribution is 5.87. The van der Waals surface area contributed by atoms with Crippen LogP contribution in [0, 0.1) is 6.92 Å². The number of aromatic nitrogens is 1. The number of nitrogens with one attached hydrogen (secondary N) is 1. The van der Waals surface area contributed by atoms with E-state index in [4.69, 9.17) is 5.11 Å². The molecular weight excluding hydrogens is 204 g/mol. The monoisotopic (exact) mass is 218 g/mol. The van der Waals surface area contributed by atoms with E-state index in [9.17, 15) is 4.79 Å². The van der Waals surface area contributed by atoms with Crippen LogP contribution in [0.5, 0.6) is 0 Å². The van der Waals surface area contributed by atoms with Crippen LogP contribution in [0.4, 0.5) is 0 Å². The summed E-state index contributed by atoms with van der Waals surface area (Å²) in [7, 11) is 0. The van der Waals surface area contributed by atoms with Gasteiger partial charge in [-0.2, -0.15) is 0 Å². The third kappa shape index (κ3) is 2.12. The van der Waals surface area contributed by atoms with E-state index in [1.165, 1.54) is 11.8 Å². The van der Waals surface area contributed by atoms with Crippen molar-refractivity contribution in [2.75, 3.05) is 13.1 Å². The van der Waals surface area contributed by atoms with Gasteiger partial charge in [-0.05, 0) is 37.1 Å². The second kappa shape index (κ2) is 4.45. The molecule has 0 amide bonds. The fourth-order valence-electron chi connectivity index (χ4n) is 1.87. The fraction of sp³-hybridized carbons (Fsp3) is 0.333. The molecule has 0 spiro atoms. The largest absolute Gasteiger partial charge is 0.478 e. The third-order valence-corrected chi connectivity index (χ3v) is 2.69. The highest BCUT2D eigenvalue weighted by Gasteiger charge is 2.12. The number of hydrogen-bond acceptors (Lipinski definition) is 3. The van der Waals surface area contributed by atoms with Gasteiger partial charge < -0.3 is 10.4 Å². The molecule has 2 rings (SSSR count). The Morgan fingerprint density at radius 1 is 1.56 bits per heavy atom. The zero-order chi connectivity index (χ0) is 11.5. The summed E-state index contributed by atoms with van der Waals surface area (Å²) in [6, 6.07) is 1.67. The molecule has 1 aromatic rings. The maximum absolute atomic E-state index is 10.8. The first-order valence-corrected chi connectivity index (χ1v) is 5.28. The lowest BCUT2D eigenvalue weighted by Gasteiger charge is -2.15. The van der Waals surface area contributed by atoms with Gasteiger partial charge in [0.1, 0.15) is 0 Å². The molecule has 2 heterocycles. The molecule has 0 atom stereocenters. The van der Waals surface area contributed by atoms with Gasteiger partial charge in [-0.15, -0.1) is 0 Å². The minimum absolute atomic E-state index is 0.246. The lowest BCUT2D eigenvalue weighted by Crippen LogP contribution is -2.20. The van der Waals surface area contributed by atoms with Gasteiger partial charge in [0, 0.05) is 12.7 Å². The predicted molar refractivity (Wildman–Crippen MR) is 61.4 cm³/mol. The van der Waals surface area contributed by atoms with Crippen molar-refractivity contribution in [3.63, 3.8) is 0 Å². The van der Waals surface area contributed by atoms with Crippen LogP contribution < -0.4 is 5.32 Å². The molecule has 4 nitrogen and oxygen atoms in total. The zero-order valence-electron chi connectivity index (χ0n) is 9.16. The molecule has 0 bridgehead atoms. The van der Waals surface area contributed by atoms with Crippen molar-refractivity contribution >= 4 is 11.5 Å². The molecule has 0 radical (unpaired) electrons. The minimum atomic E-state index is -0.929. The highest BCUT2D eigenvalue weighted by Crippen LogP contribution is 2.21. The molecule has 16 heavy (non-hydrogen) atoms. The van der Waals surface area contributed by atoms with Crippen molar-refractivity contribution < 1.29 is 9.90 Å². The van der Waals surface area contributed by atoms with E-state index in [0.717, 1.165) is 30.8 Å². The predicted octanol–water partition coefficient (Wildman–Crippen LogP) is 1.46. The first-order valence-electron chi connectivity index (χ1n) is 5.28. The second-order valence-corrected chi connectivity index (χ2v) is 3.88. The van der Waals surface area contributed by atoms with Crippen molar-refractivity contribution in [1.82, 2.24) is 10.3 Å². The Morgan fingerprint density at radius 2 is 2.38 bits per heavy atom. The molecule has 2 N–H and O–H groups in total. The molecule has 0 aliphatic carbocycles. The molecule has 0 aromatic carbocycles. The number of aryl methyl sites for hydroxylation is 1. The van der Waals surface area contributed by atoms with Crippen LogP contribution in [0.15, 0.2) is 18.3 Å². The van der Waals surface area contributed by atoms with Gasteiger partial charge in [0.15, 0.2) is 0 Å².